The average Bonchev–Trinajstić information content (AvgIpc) is 3.19. The van der Waals surface area contributed by atoms with Crippen LogP contribution in [0.2, 0.25) is 5.02 Å². The molecular weight excluding hydrogens is 350 g/mol. The Bertz CT molecular complexity index is 726. The first kappa shape index (κ1) is 18.7. The van der Waals surface area contributed by atoms with Crippen LogP contribution in [0.4, 0.5) is 0 Å². The molecule has 2 aromatic rings. The van der Waals surface area contributed by atoms with E-state index in [1.807, 2.05) is 55.5 Å². The molecule has 0 bridgehead atoms. The molecule has 1 heterocycles. The zero-order chi connectivity index (χ0) is 18.4. The molecule has 1 atom stereocenters. The molecule has 1 amide bonds. The number of amides is 1. The Morgan fingerprint density at radius 2 is 2.00 bits per heavy atom. The lowest BCUT2D eigenvalue weighted by Gasteiger charge is -2.22. The molecule has 26 heavy (non-hydrogen) atoms. The van der Waals surface area contributed by atoms with Crippen LogP contribution >= 0.6 is 11.6 Å². The van der Waals surface area contributed by atoms with Gasteiger partial charge in [-0.25, -0.2) is 0 Å². The van der Waals surface area contributed by atoms with Gasteiger partial charge in [-0.3, -0.25) is 4.79 Å². The molecule has 1 fully saturated rings. The molecule has 0 aromatic heterocycles. The van der Waals surface area contributed by atoms with Crippen molar-refractivity contribution in [1.29, 1.82) is 0 Å². The monoisotopic (exact) mass is 373 g/mol. The van der Waals surface area contributed by atoms with Gasteiger partial charge in [0.2, 0.25) is 0 Å². The van der Waals surface area contributed by atoms with E-state index < -0.39 is 0 Å². The molecule has 0 radical (unpaired) electrons. The molecule has 2 aromatic carbocycles. The lowest BCUT2D eigenvalue weighted by Crippen LogP contribution is -2.30. The maximum Gasteiger partial charge on any atom is 0.254 e. The Morgan fingerprint density at radius 1 is 1.23 bits per heavy atom. The number of carbonyl (C=O) groups excluding carboxylic acids is 1. The summed E-state index contributed by atoms with van der Waals surface area (Å²) >= 11 is 6.22. The maximum atomic E-state index is 12.8. The molecule has 0 saturated carbocycles. The Balaban J connectivity index is 1.61. The highest BCUT2D eigenvalue weighted by Gasteiger charge is 2.17. The van der Waals surface area contributed by atoms with Crippen molar-refractivity contribution in [3.05, 3.63) is 64.7 Å². The number of ether oxygens (including phenoxy) is 2. The van der Waals surface area contributed by atoms with E-state index in [0.29, 0.717) is 30.3 Å². The number of nitrogens with zero attached hydrogens (tertiary/aromatic N) is 1. The summed E-state index contributed by atoms with van der Waals surface area (Å²) in [4.78, 5) is 14.6. The normalized spacial score (nSPS) is 16.5. The molecular formula is C21H24ClNO3. The number of halogens is 1. The number of rotatable bonds is 7. The molecule has 0 N–H and O–H groups in total. The highest BCUT2D eigenvalue weighted by molar-refractivity contribution is 6.31. The van der Waals surface area contributed by atoms with Crippen molar-refractivity contribution in [1.82, 2.24) is 4.90 Å². The maximum absolute atomic E-state index is 12.8. The summed E-state index contributed by atoms with van der Waals surface area (Å²) in [6.07, 6.45) is 2.33. The van der Waals surface area contributed by atoms with Gasteiger partial charge in [0.1, 0.15) is 12.4 Å². The molecule has 3 rings (SSSR count). The van der Waals surface area contributed by atoms with E-state index in [1.54, 1.807) is 4.90 Å². The first-order chi connectivity index (χ1) is 12.7. The van der Waals surface area contributed by atoms with Crippen molar-refractivity contribution in [3.63, 3.8) is 0 Å². The van der Waals surface area contributed by atoms with Gasteiger partial charge in [-0.05, 0) is 55.7 Å². The number of carbonyl (C=O) groups is 1. The van der Waals surface area contributed by atoms with Gasteiger partial charge in [0.25, 0.3) is 5.91 Å². The van der Waals surface area contributed by atoms with E-state index in [9.17, 15) is 4.79 Å². The summed E-state index contributed by atoms with van der Waals surface area (Å²) in [6.45, 7) is 4.45. The van der Waals surface area contributed by atoms with Crippen molar-refractivity contribution < 1.29 is 14.3 Å². The fourth-order valence-corrected chi connectivity index (χ4v) is 3.20. The van der Waals surface area contributed by atoms with Crippen molar-refractivity contribution >= 4 is 17.5 Å². The van der Waals surface area contributed by atoms with Gasteiger partial charge >= 0.3 is 0 Å². The van der Waals surface area contributed by atoms with Gasteiger partial charge in [0.15, 0.2) is 0 Å². The van der Waals surface area contributed by atoms with Crippen LogP contribution < -0.4 is 4.74 Å². The van der Waals surface area contributed by atoms with Gasteiger partial charge in [0.05, 0.1) is 6.10 Å². The lowest BCUT2D eigenvalue weighted by molar-refractivity contribution is 0.0678. The smallest absolute Gasteiger partial charge is 0.254 e. The fraction of sp³-hybridized carbons (Fsp3) is 0.381. The summed E-state index contributed by atoms with van der Waals surface area (Å²) in [5, 5.41) is 0.677. The van der Waals surface area contributed by atoms with E-state index >= 15 is 0 Å². The zero-order valence-electron chi connectivity index (χ0n) is 15.0. The first-order valence-corrected chi connectivity index (χ1v) is 9.42. The van der Waals surface area contributed by atoms with Crippen LogP contribution in [0.15, 0.2) is 48.5 Å². The average molecular weight is 374 g/mol. The highest BCUT2D eigenvalue weighted by atomic mass is 35.5. The van der Waals surface area contributed by atoms with Crippen LogP contribution in [0.25, 0.3) is 0 Å². The van der Waals surface area contributed by atoms with Crippen molar-refractivity contribution in [3.8, 4) is 5.75 Å². The van der Waals surface area contributed by atoms with Crippen molar-refractivity contribution in [2.24, 2.45) is 0 Å². The van der Waals surface area contributed by atoms with Crippen LogP contribution in [0.5, 0.6) is 5.75 Å². The first-order valence-electron chi connectivity index (χ1n) is 9.04. The second-order valence-corrected chi connectivity index (χ2v) is 6.79. The molecule has 0 aliphatic carbocycles. The van der Waals surface area contributed by atoms with Crippen molar-refractivity contribution in [2.75, 3.05) is 19.8 Å². The van der Waals surface area contributed by atoms with Gasteiger partial charge in [-0.15, -0.1) is 0 Å². The Morgan fingerprint density at radius 3 is 2.65 bits per heavy atom. The van der Waals surface area contributed by atoms with Crippen LogP contribution in [-0.4, -0.2) is 36.7 Å². The van der Waals surface area contributed by atoms with E-state index in [2.05, 4.69) is 0 Å². The molecule has 4 nitrogen and oxygen atoms in total. The standard InChI is InChI=1S/C21H24ClNO3/c1-2-23(14-17-6-3-4-8-20(17)22)21(24)16-9-11-18(12-10-16)26-15-19-7-5-13-25-19/h3-4,6,8-12,19H,2,5,7,13-15H2,1H3. The third-order valence-electron chi connectivity index (χ3n) is 4.55. The topological polar surface area (TPSA) is 38.8 Å². The second kappa shape index (κ2) is 9.06. The molecule has 1 aliphatic rings. The molecule has 138 valence electrons. The quantitative estimate of drug-likeness (QED) is 0.714. The van der Waals surface area contributed by atoms with Crippen LogP contribution in [0.1, 0.15) is 35.7 Å². The number of hydrogen-bond acceptors (Lipinski definition) is 3. The largest absolute Gasteiger partial charge is 0.491 e. The number of benzene rings is 2. The number of hydrogen-bond donors (Lipinski definition) is 0. The zero-order valence-corrected chi connectivity index (χ0v) is 15.7. The highest BCUT2D eigenvalue weighted by Crippen LogP contribution is 2.20. The summed E-state index contributed by atoms with van der Waals surface area (Å²) in [5.74, 6) is 0.740. The Kier molecular flexibility index (Phi) is 6.53. The van der Waals surface area contributed by atoms with Gasteiger partial charge in [0, 0.05) is 30.3 Å². The van der Waals surface area contributed by atoms with Crippen molar-refractivity contribution in [2.45, 2.75) is 32.4 Å². The third kappa shape index (κ3) is 4.77. The predicted molar refractivity (Wildman–Crippen MR) is 103 cm³/mol. The minimum atomic E-state index is -0.0157. The molecule has 0 spiro atoms. The Hall–Kier alpha value is -2.04. The van der Waals surface area contributed by atoms with Gasteiger partial charge in [-0.2, -0.15) is 0 Å². The van der Waals surface area contributed by atoms with E-state index in [1.165, 1.54) is 0 Å². The van der Waals surface area contributed by atoms with E-state index in [0.717, 1.165) is 30.8 Å². The molecule has 1 unspecified atom stereocenters. The predicted octanol–water partition coefficient (Wildman–Crippen LogP) is 4.56. The van der Waals surface area contributed by atoms with Gasteiger partial charge < -0.3 is 14.4 Å². The Labute approximate surface area is 159 Å². The van der Waals surface area contributed by atoms with Crippen LogP contribution in [0, 0.1) is 0 Å². The summed E-state index contributed by atoms with van der Waals surface area (Å²) < 4.78 is 11.3. The summed E-state index contributed by atoms with van der Waals surface area (Å²) in [5.41, 5.74) is 1.59. The molecule has 1 aliphatic heterocycles. The SMILES string of the molecule is CCN(Cc1ccccc1Cl)C(=O)c1ccc(OCC2CCCO2)cc1. The molecule has 5 heteroatoms. The minimum absolute atomic E-state index is 0.0157. The second-order valence-electron chi connectivity index (χ2n) is 6.38. The van der Waals surface area contributed by atoms with Gasteiger partial charge in [-0.1, -0.05) is 29.8 Å². The molecule has 1 saturated heterocycles. The lowest BCUT2D eigenvalue weighted by atomic mass is 10.1. The third-order valence-corrected chi connectivity index (χ3v) is 4.92. The van der Waals surface area contributed by atoms with E-state index in [4.69, 9.17) is 21.1 Å². The van der Waals surface area contributed by atoms with E-state index in [-0.39, 0.29) is 12.0 Å². The summed E-state index contributed by atoms with van der Waals surface area (Å²) in [7, 11) is 0. The summed E-state index contributed by atoms with van der Waals surface area (Å²) in [6, 6.07) is 14.9. The fourth-order valence-electron chi connectivity index (χ4n) is 3.00. The van der Waals surface area contributed by atoms with Crippen LogP contribution in [0.3, 0.4) is 0 Å². The minimum Gasteiger partial charge on any atom is -0.491 e. The van der Waals surface area contributed by atoms with Crippen LogP contribution in [-0.2, 0) is 11.3 Å².